The molecular formula is C18H25BrN6O2. The van der Waals surface area contributed by atoms with E-state index in [1.54, 1.807) is 4.90 Å². The number of nitrogens with zero attached hydrogens (tertiary/aromatic N) is 5. The van der Waals surface area contributed by atoms with Gasteiger partial charge in [0.05, 0.1) is 19.2 Å². The van der Waals surface area contributed by atoms with Gasteiger partial charge in [-0.15, -0.1) is 5.10 Å². The van der Waals surface area contributed by atoms with Crippen molar-refractivity contribution in [3.05, 3.63) is 40.1 Å². The maximum absolute atomic E-state index is 11.8. The maximum atomic E-state index is 11.8. The predicted molar refractivity (Wildman–Crippen MR) is 104 cm³/mol. The van der Waals surface area contributed by atoms with Crippen molar-refractivity contribution in [2.24, 2.45) is 0 Å². The van der Waals surface area contributed by atoms with E-state index in [1.165, 1.54) is 5.56 Å². The van der Waals surface area contributed by atoms with Crippen molar-refractivity contribution in [1.29, 1.82) is 0 Å². The fraction of sp³-hybridized carbons (Fsp3) is 0.556. The summed E-state index contributed by atoms with van der Waals surface area (Å²) in [6.07, 6.45) is 1.40. The number of halogens is 1. The van der Waals surface area contributed by atoms with Crippen molar-refractivity contribution in [2.75, 3.05) is 19.7 Å². The van der Waals surface area contributed by atoms with Crippen LogP contribution in [0, 0.1) is 0 Å². The van der Waals surface area contributed by atoms with E-state index in [2.05, 4.69) is 55.8 Å². The summed E-state index contributed by atoms with van der Waals surface area (Å²) < 4.78 is 8.03. The van der Waals surface area contributed by atoms with Crippen molar-refractivity contribution in [1.82, 2.24) is 30.4 Å². The number of carbonyl (C=O) groups is 1. The van der Waals surface area contributed by atoms with E-state index in [0.717, 1.165) is 23.1 Å². The molecule has 8 nitrogen and oxygen atoms in total. The largest absolute Gasteiger partial charge is 0.450 e. The molecule has 0 spiro atoms. The summed E-state index contributed by atoms with van der Waals surface area (Å²) in [4.78, 5) is 13.6. The summed E-state index contributed by atoms with van der Waals surface area (Å²) in [7, 11) is 0. The highest BCUT2D eigenvalue weighted by Gasteiger charge is 2.27. The second-order valence-electron chi connectivity index (χ2n) is 6.61. The van der Waals surface area contributed by atoms with Gasteiger partial charge in [-0.3, -0.25) is 0 Å². The smallest absolute Gasteiger partial charge is 0.409 e. The number of ether oxygens (including phenoxy) is 1. The van der Waals surface area contributed by atoms with Crippen molar-refractivity contribution in [3.8, 4) is 0 Å². The first-order valence-electron chi connectivity index (χ1n) is 9.25. The third kappa shape index (κ3) is 5.04. The Morgan fingerprint density at radius 3 is 2.70 bits per heavy atom. The number of hydrogen-bond acceptors (Lipinski definition) is 6. The van der Waals surface area contributed by atoms with Gasteiger partial charge in [0, 0.05) is 23.6 Å². The molecule has 2 aromatic rings. The Hall–Kier alpha value is -2.00. The standard InChI is InChI=1S/C18H25BrN6O2/c1-3-27-18(26)24-10-8-16(9-11-24)25-17(21-22-23-25)12-20-13(2)14-4-6-15(19)7-5-14/h4-7,13,16,20H,3,8-12H2,1-2H3. The third-order valence-electron chi connectivity index (χ3n) is 4.83. The maximum Gasteiger partial charge on any atom is 0.409 e. The molecule has 1 aromatic heterocycles. The summed E-state index contributed by atoms with van der Waals surface area (Å²) in [6.45, 7) is 6.24. The molecule has 1 aliphatic heterocycles. The van der Waals surface area contributed by atoms with Crippen LogP contribution < -0.4 is 5.32 Å². The molecule has 0 radical (unpaired) electrons. The Morgan fingerprint density at radius 1 is 1.33 bits per heavy atom. The SMILES string of the molecule is CCOC(=O)N1CCC(n2nnnc2CNC(C)c2ccc(Br)cc2)CC1. The molecule has 1 fully saturated rings. The monoisotopic (exact) mass is 436 g/mol. The molecular weight excluding hydrogens is 412 g/mol. The number of rotatable bonds is 6. The van der Waals surface area contributed by atoms with Gasteiger partial charge in [-0.2, -0.15) is 0 Å². The van der Waals surface area contributed by atoms with Crippen LogP contribution in [0.1, 0.15) is 50.2 Å². The second kappa shape index (κ2) is 9.27. The lowest BCUT2D eigenvalue weighted by atomic mass is 10.1. The molecule has 9 heteroatoms. The number of likely N-dealkylation sites (tertiary alicyclic amines) is 1. The number of aromatic nitrogens is 4. The first-order chi connectivity index (χ1) is 13.1. The number of nitrogens with one attached hydrogen (secondary N) is 1. The fourth-order valence-electron chi connectivity index (χ4n) is 3.23. The number of amides is 1. The van der Waals surface area contributed by atoms with E-state index in [4.69, 9.17) is 4.74 Å². The van der Waals surface area contributed by atoms with Crippen LogP contribution in [0.25, 0.3) is 0 Å². The summed E-state index contributed by atoms with van der Waals surface area (Å²) in [5, 5.41) is 15.7. The Morgan fingerprint density at radius 2 is 2.04 bits per heavy atom. The Bertz CT molecular complexity index is 743. The zero-order valence-corrected chi connectivity index (χ0v) is 17.2. The molecule has 0 aliphatic carbocycles. The van der Waals surface area contributed by atoms with E-state index in [9.17, 15) is 4.79 Å². The number of carbonyl (C=O) groups excluding carboxylic acids is 1. The Labute approximate surface area is 167 Å². The minimum absolute atomic E-state index is 0.189. The highest BCUT2D eigenvalue weighted by molar-refractivity contribution is 9.10. The number of hydrogen-bond donors (Lipinski definition) is 1. The van der Waals surface area contributed by atoms with Gasteiger partial charge in [-0.1, -0.05) is 28.1 Å². The van der Waals surface area contributed by atoms with E-state index < -0.39 is 0 Å². The van der Waals surface area contributed by atoms with E-state index in [-0.39, 0.29) is 18.2 Å². The van der Waals surface area contributed by atoms with Gasteiger partial charge in [0.2, 0.25) is 0 Å². The number of piperidine rings is 1. The second-order valence-corrected chi connectivity index (χ2v) is 7.53. The summed E-state index contributed by atoms with van der Waals surface area (Å²) >= 11 is 3.46. The average Bonchev–Trinajstić information content (AvgIpc) is 3.15. The van der Waals surface area contributed by atoms with Gasteiger partial charge in [0.1, 0.15) is 0 Å². The predicted octanol–water partition coefficient (Wildman–Crippen LogP) is 3.08. The lowest BCUT2D eigenvalue weighted by Crippen LogP contribution is -2.40. The van der Waals surface area contributed by atoms with Crippen molar-refractivity contribution >= 4 is 22.0 Å². The van der Waals surface area contributed by atoms with Gasteiger partial charge in [0.25, 0.3) is 0 Å². The van der Waals surface area contributed by atoms with Crippen LogP contribution in [0.2, 0.25) is 0 Å². The Balaban J connectivity index is 1.55. The number of tetrazole rings is 1. The molecule has 1 saturated heterocycles. The average molecular weight is 437 g/mol. The van der Waals surface area contributed by atoms with E-state index >= 15 is 0 Å². The lowest BCUT2D eigenvalue weighted by molar-refractivity contribution is 0.0910. The van der Waals surface area contributed by atoms with Crippen LogP contribution in [0.15, 0.2) is 28.7 Å². The molecule has 146 valence electrons. The van der Waals surface area contributed by atoms with Crippen molar-refractivity contribution < 1.29 is 9.53 Å². The molecule has 3 rings (SSSR count). The molecule has 1 unspecified atom stereocenters. The van der Waals surface area contributed by atoms with Crippen molar-refractivity contribution in [3.63, 3.8) is 0 Å². The summed E-state index contributed by atoms with van der Waals surface area (Å²) in [5.41, 5.74) is 1.21. The normalized spacial score (nSPS) is 16.3. The first-order valence-corrected chi connectivity index (χ1v) is 10.0. The zero-order valence-electron chi connectivity index (χ0n) is 15.6. The molecule has 1 aromatic carbocycles. The van der Waals surface area contributed by atoms with Crippen LogP contribution in [-0.2, 0) is 11.3 Å². The van der Waals surface area contributed by atoms with Crippen LogP contribution in [0.4, 0.5) is 4.79 Å². The highest BCUT2D eigenvalue weighted by Crippen LogP contribution is 2.23. The third-order valence-corrected chi connectivity index (χ3v) is 5.36. The molecule has 1 atom stereocenters. The summed E-state index contributed by atoms with van der Waals surface area (Å²) in [6, 6.07) is 8.65. The molecule has 1 amide bonds. The zero-order chi connectivity index (χ0) is 19.2. The van der Waals surface area contributed by atoms with Gasteiger partial charge in [-0.05, 0) is 54.8 Å². The quantitative estimate of drug-likeness (QED) is 0.748. The van der Waals surface area contributed by atoms with Gasteiger partial charge < -0.3 is 15.0 Å². The highest BCUT2D eigenvalue weighted by atomic mass is 79.9. The minimum Gasteiger partial charge on any atom is -0.450 e. The summed E-state index contributed by atoms with van der Waals surface area (Å²) in [5.74, 6) is 0.813. The molecule has 27 heavy (non-hydrogen) atoms. The molecule has 0 saturated carbocycles. The Kier molecular flexibility index (Phi) is 6.78. The van der Waals surface area contributed by atoms with E-state index in [0.29, 0.717) is 26.2 Å². The van der Waals surface area contributed by atoms with Gasteiger partial charge >= 0.3 is 6.09 Å². The molecule has 1 aliphatic rings. The van der Waals surface area contributed by atoms with Crippen LogP contribution in [-0.4, -0.2) is 50.9 Å². The van der Waals surface area contributed by atoms with Crippen molar-refractivity contribution in [2.45, 2.75) is 45.3 Å². The van der Waals surface area contributed by atoms with E-state index in [1.807, 2.05) is 23.7 Å². The fourth-order valence-corrected chi connectivity index (χ4v) is 3.50. The van der Waals surface area contributed by atoms with Gasteiger partial charge in [-0.25, -0.2) is 9.48 Å². The van der Waals surface area contributed by atoms with Crippen LogP contribution in [0.3, 0.4) is 0 Å². The molecule has 0 bridgehead atoms. The lowest BCUT2D eigenvalue weighted by Gasteiger charge is -2.31. The first kappa shape index (κ1) is 19.8. The van der Waals surface area contributed by atoms with Crippen LogP contribution in [0.5, 0.6) is 0 Å². The molecule has 1 N–H and O–H groups in total. The molecule has 2 heterocycles. The topological polar surface area (TPSA) is 85.2 Å². The van der Waals surface area contributed by atoms with Gasteiger partial charge in [0.15, 0.2) is 5.82 Å². The minimum atomic E-state index is -0.238. The van der Waals surface area contributed by atoms with Crippen LogP contribution >= 0.6 is 15.9 Å². The number of benzene rings is 1.